The van der Waals surface area contributed by atoms with E-state index in [2.05, 4.69) is 0 Å². The molecule has 0 aromatic rings. The molecule has 10 atom stereocenters. The van der Waals surface area contributed by atoms with E-state index in [9.17, 15) is 39.0 Å². The van der Waals surface area contributed by atoms with Gasteiger partial charge in [-0.05, 0) is 0 Å². The summed E-state index contributed by atoms with van der Waals surface area (Å²) in [7, 11) is 0. The minimum absolute atomic E-state index is 0.577. The summed E-state index contributed by atoms with van der Waals surface area (Å²) in [4.78, 5) is 71.2. The average molecular weight is 595 g/mol. The Hall–Kier alpha value is -3.38. The topological polar surface area (TPSA) is 226 Å². The van der Waals surface area contributed by atoms with Gasteiger partial charge in [-0.3, -0.25) is 28.8 Å². The summed E-state index contributed by atoms with van der Waals surface area (Å²) in [6.07, 6.45) is -16.0. The van der Waals surface area contributed by atoms with Crippen LogP contribution in [0.4, 0.5) is 0 Å². The lowest BCUT2D eigenvalue weighted by atomic mass is 9.96. The fourth-order valence-corrected chi connectivity index (χ4v) is 4.23. The molecule has 0 unspecified atom stereocenters. The lowest BCUT2D eigenvalue weighted by Gasteiger charge is -2.48. The predicted molar refractivity (Wildman–Crippen MR) is 126 cm³/mol. The van der Waals surface area contributed by atoms with Crippen molar-refractivity contribution in [3.05, 3.63) is 0 Å². The van der Waals surface area contributed by atoms with Crippen molar-refractivity contribution >= 4 is 35.8 Å². The first kappa shape index (κ1) is 33.8. The van der Waals surface area contributed by atoms with Crippen molar-refractivity contribution in [1.82, 2.24) is 0 Å². The van der Waals surface area contributed by atoms with Crippen molar-refractivity contribution < 1.29 is 81.6 Å². The van der Waals surface area contributed by atoms with Crippen LogP contribution in [0.1, 0.15) is 41.5 Å². The zero-order valence-corrected chi connectivity index (χ0v) is 23.2. The minimum atomic E-state index is -1.75. The van der Waals surface area contributed by atoms with E-state index in [4.69, 9.17) is 42.6 Å². The normalized spacial score (nSPS) is 33.1. The Bertz CT molecular complexity index is 981. The smallest absolute Gasteiger partial charge is 0.305 e. The van der Waals surface area contributed by atoms with Gasteiger partial charge in [-0.25, -0.2) is 0 Å². The standard InChI is InChI=1S/C24H34O17/c1-9(26)33-8-16-18(20(35-11(3)28)22(37-13(5)30)23(40-16)38-14(6)31)41-24-21(36-12(4)29)19(34-10(2)27)17(32)15(7-25)39-24/h15-25,32H,7-8H2,1-6H3/t15-,16-,17+,18-,19+,20+,21-,22-,23-,24+/m1/s1. The van der Waals surface area contributed by atoms with Crippen LogP contribution >= 0.6 is 0 Å². The SMILES string of the molecule is CC(=O)OC[C@H]1O[C@@H](OC(C)=O)[C@H](OC(C)=O)[C@@H](OC(C)=O)[C@@H]1O[C@@H]1O[C@H](CO)[C@H](O)[C@H](OC(C)=O)[C@H]1OC(C)=O. The number of carbonyl (C=O) groups is 6. The highest BCUT2D eigenvalue weighted by molar-refractivity contribution is 5.69. The first-order chi connectivity index (χ1) is 19.1. The molecule has 2 fully saturated rings. The lowest BCUT2D eigenvalue weighted by Crippen LogP contribution is -2.67. The van der Waals surface area contributed by atoms with E-state index < -0.39 is 110 Å². The van der Waals surface area contributed by atoms with Crippen LogP contribution in [-0.2, 0) is 71.4 Å². The molecule has 0 radical (unpaired) electrons. The van der Waals surface area contributed by atoms with Crippen molar-refractivity contribution in [2.75, 3.05) is 13.2 Å². The van der Waals surface area contributed by atoms with Crippen molar-refractivity contribution in [3.8, 4) is 0 Å². The summed E-state index contributed by atoms with van der Waals surface area (Å²) in [5.41, 5.74) is 0. The number of aliphatic hydroxyl groups is 2. The van der Waals surface area contributed by atoms with Crippen LogP contribution in [0.15, 0.2) is 0 Å². The maximum absolute atomic E-state index is 12.1. The molecule has 17 heteroatoms. The van der Waals surface area contributed by atoms with E-state index in [0.717, 1.165) is 41.5 Å². The van der Waals surface area contributed by atoms with E-state index in [1.54, 1.807) is 0 Å². The van der Waals surface area contributed by atoms with Gasteiger partial charge in [0.1, 0.15) is 31.0 Å². The van der Waals surface area contributed by atoms with E-state index in [1.807, 2.05) is 0 Å². The summed E-state index contributed by atoms with van der Waals surface area (Å²) in [6.45, 7) is 4.83. The van der Waals surface area contributed by atoms with Crippen LogP contribution < -0.4 is 0 Å². The zero-order valence-electron chi connectivity index (χ0n) is 23.2. The Labute approximate surface area is 234 Å². The van der Waals surface area contributed by atoms with Gasteiger partial charge in [0, 0.05) is 41.5 Å². The predicted octanol–water partition coefficient (Wildman–Crippen LogP) is -1.97. The Morgan fingerprint density at radius 2 is 1.00 bits per heavy atom. The van der Waals surface area contributed by atoms with Crippen molar-refractivity contribution in [1.29, 1.82) is 0 Å². The molecule has 2 heterocycles. The maximum Gasteiger partial charge on any atom is 0.305 e. The van der Waals surface area contributed by atoms with Crippen LogP contribution in [0.25, 0.3) is 0 Å². The summed E-state index contributed by atoms with van der Waals surface area (Å²) < 4.78 is 48.6. The number of rotatable bonds is 10. The van der Waals surface area contributed by atoms with Crippen LogP contribution in [0, 0.1) is 0 Å². The molecule has 0 bridgehead atoms. The summed E-state index contributed by atoms with van der Waals surface area (Å²) in [5.74, 6) is -5.21. The summed E-state index contributed by atoms with van der Waals surface area (Å²) >= 11 is 0. The molecule has 0 saturated carbocycles. The molecule has 2 N–H and O–H groups in total. The number of aliphatic hydroxyl groups excluding tert-OH is 2. The van der Waals surface area contributed by atoms with Gasteiger partial charge in [0.2, 0.25) is 12.4 Å². The van der Waals surface area contributed by atoms with Gasteiger partial charge in [0.05, 0.1) is 6.61 Å². The molecular weight excluding hydrogens is 560 g/mol. The monoisotopic (exact) mass is 594 g/mol. The third-order valence-corrected chi connectivity index (χ3v) is 5.62. The van der Waals surface area contributed by atoms with E-state index in [1.165, 1.54) is 0 Å². The van der Waals surface area contributed by atoms with Gasteiger partial charge in [-0.2, -0.15) is 0 Å². The fraction of sp³-hybridized carbons (Fsp3) is 0.750. The van der Waals surface area contributed by atoms with Crippen LogP contribution in [0.3, 0.4) is 0 Å². The first-order valence-electron chi connectivity index (χ1n) is 12.4. The largest absolute Gasteiger partial charge is 0.463 e. The molecule has 2 aliphatic heterocycles. The number of ether oxygens (including phenoxy) is 9. The molecule has 232 valence electrons. The summed E-state index contributed by atoms with van der Waals surface area (Å²) in [5, 5.41) is 20.4. The van der Waals surface area contributed by atoms with Gasteiger partial charge in [-0.1, -0.05) is 0 Å². The number of carbonyl (C=O) groups excluding carboxylic acids is 6. The third kappa shape index (κ3) is 9.60. The Kier molecular flexibility index (Phi) is 12.4. The molecule has 0 spiro atoms. The Morgan fingerprint density at radius 1 is 0.561 bits per heavy atom. The third-order valence-electron chi connectivity index (χ3n) is 5.62. The highest BCUT2D eigenvalue weighted by atomic mass is 16.8. The van der Waals surface area contributed by atoms with Crippen LogP contribution in [0.2, 0.25) is 0 Å². The molecular formula is C24H34O17. The Morgan fingerprint density at radius 3 is 1.46 bits per heavy atom. The zero-order chi connectivity index (χ0) is 31.0. The second-order valence-corrected chi connectivity index (χ2v) is 9.07. The molecule has 0 aliphatic carbocycles. The molecule has 0 aromatic carbocycles. The van der Waals surface area contributed by atoms with Crippen LogP contribution in [0.5, 0.6) is 0 Å². The van der Waals surface area contributed by atoms with Gasteiger partial charge < -0.3 is 52.8 Å². The van der Waals surface area contributed by atoms with Crippen molar-refractivity contribution in [2.24, 2.45) is 0 Å². The lowest BCUT2D eigenvalue weighted by molar-refractivity contribution is -0.357. The molecule has 2 saturated heterocycles. The average Bonchev–Trinajstić information content (AvgIpc) is 2.83. The molecule has 0 amide bonds. The fourth-order valence-electron chi connectivity index (χ4n) is 4.23. The summed E-state index contributed by atoms with van der Waals surface area (Å²) in [6, 6.07) is 0. The van der Waals surface area contributed by atoms with E-state index in [-0.39, 0.29) is 0 Å². The number of esters is 6. The minimum Gasteiger partial charge on any atom is -0.463 e. The van der Waals surface area contributed by atoms with Crippen molar-refractivity contribution in [2.45, 2.75) is 103 Å². The van der Waals surface area contributed by atoms with Gasteiger partial charge in [-0.15, -0.1) is 0 Å². The molecule has 41 heavy (non-hydrogen) atoms. The molecule has 2 rings (SSSR count). The van der Waals surface area contributed by atoms with Gasteiger partial charge in [0.15, 0.2) is 24.6 Å². The second-order valence-electron chi connectivity index (χ2n) is 9.07. The number of hydrogen-bond acceptors (Lipinski definition) is 17. The van der Waals surface area contributed by atoms with Gasteiger partial charge in [0.25, 0.3) is 0 Å². The highest BCUT2D eigenvalue weighted by Gasteiger charge is 2.56. The maximum atomic E-state index is 12.1. The van der Waals surface area contributed by atoms with Crippen LogP contribution in [-0.4, -0.2) is 121 Å². The van der Waals surface area contributed by atoms with E-state index >= 15 is 0 Å². The molecule has 2 aliphatic rings. The molecule has 0 aromatic heterocycles. The highest BCUT2D eigenvalue weighted by Crippen LogP contribution is 2.34. The van der Waals surface area contributed by atoms with Gasteiger partial charge >= 0.3 is 35.8 Å². The second kappa shape index (κ2) is 15.0. The van der Waals surface area contributed by atoms with Crippen molar-refractivity contribution in [3.63, 3.8) is 0 Å². The quantitative estimate of drug-likeness (QED) is 0.206. The number of hydrogen-bond donors (Lipinski definition) is 2. The van der Waals surface area contributed by atoms with E-state index in [0.29, 0.717) is 0 Å². The molecule has 17 nitrogen and oxygen atoms in total. The first-order valence-corrected chi connectivity index (χ1v) is 12.4. The Balaban J connectivity index is 2.61.